The Bertz CT molecular complexity index is 98.0. The van der Waals surface area contributed by atoms with E-state index in [9.17, 15) is 0 Å². The van der Waals surface area contributed by atoms with E-state index >= 15 is 0 Å². The van der Waals surface area contributed by atoms with Gasteiger partial charge in [0.25, 0.3) is 0 Å². The first-order valence-corrected chi connectivity index (χ1v) is 5.35. The molecule has 1 aliphatic rings. The molecule has 1 saturated heterocycles. The Morgan fingerprint density at radius 2 is 2.33 bits per heavy atom. The predicted octanol–water partition coefficient (Wildman–Crippen LogP) is 1.38. The highest BCUT2D eigenvalue weighted by Gasteiger charge is 2.12. The lowest BCUT2D eigenvalue weighted by atomic mass is 10.1. The first-order valence-electron chi connectivity index (χ1n) is 5.35. The summed E-state index contributed by atoms with van der Waals surface area (Å²) < 4.78 is 0. The van der Waals surface area contributed by atoms with Crippen LogP contribution in [0, 0.1) is 5.92 Å². The zero-order valence-corrected chi connectivity index (χ0v) is 8.23. The smallest absolute Gasteiger partial charge is 0.000790 e. The third kappa shape index (κ3) is 4.07. The average Bonchev–Trinajstić information content (AvgIpc) is 2.57. The molecule has 0 radical (unpaired) electrons. The van der Waals surface area contributed by atoms with Crippen LogP contribution in [0.5, 0.6) is 0 Å². The van der Waals surface area contributed by atoms with Crippen molar-refractivity contribution < 1.29 is 0 Å². The van der Waals surface area contributed by atoms with Crippen molar-refractivity contribution >= 4 is 0 Å². The third-order valence-corrected chi connectivity index (χ3v) is 2.55. The van der Waals surface area contributed by atoms with Crippen molar-refractivity contribution in [3.05, 3.63) is 0 Å². The number of rotatable bonds is 6. The third-order valence-electron chi connectivity index (χ3n) is 2.55. The van der Waals surface area contributed by atoms with E-state index in [2.05, 4.69) is 17.6 Å². The lowest BCUT2D eigenvalue weighted by Crippen LogP contribution is -2.25. The largest absolute Gasteiger partial charge is 0.316 e. The van der Waals surface area contributed by atoms with Crippen LogP contribution in [0.2, 0.25) is 0 Å². The quantitative estimate of drug-likeness (QED) is 0.588. The van der Waals surface area contributed by atoms with E-state index in [1.807, 2.05) is 0 Å². The molecule has 0 aromatic rings. The second-order valence-corrected chi connectivity index (χ2v) is 3.77. The van der Waals surface area contributed by atoms with Gasteiger partial charge >= 0.3 is 0 Å². The molecule has 2 heteroatoms. The summed E-state index contributed by atoms with van der Waals surface area (Å²) in [5.74, 6) is 0.895. The van der Waals surface area contributed by atoms with Crippen LogP contribution in [0.4, 0.5) is 0 Å². The van der Waals surface area contributed by atoms with Gasteiger partial charge in [0.2, 0.25) is 0 Å². The summed E-state index contributed by atoms with van der Waals surface area (Å²) in [7, 11) is 0. The molecule has 2 nitrogen and oxygen atoms in total. The molecule has 1 atom stereocenters. The van der Waals surface area contributed by atoms with Crippen molar-refractivity contribution in [3.8, 4) is 0 Å². The van der Waals surface area contributed by atoms with E-state index < -0.39 is 0 Å². The van der Waals surface area contributed by atoms with Crippen LogP contribution in [0.1, 0.15) is 32.6 Å². The molecule has 0 bridgehead atoms. The summed E-state index contributed by atoms with van der Waals surface area (Å²) >= 11 is 0. The van der Waals surface area contributed by atoms with Crippen LogP contribution in [0.3, 0.4) is 0 Å². The van der Waals surface area contributed by atoms with Crippen LogP contribution in [0.15, 0.2) is 0 Å². The summed E-state index contributed by atoms with van der Waals surface area (Å²) in [5, 5.41) is 6.91. The van der Waals surface area contributed by atoms with Crippen LogP contribution in [-0.4, -0.2) is 26.2 Å². The zero-order valence-electron chi connectivity index (χ0n) is 8.23. The highest BCUT2D eigenvalue weighted by Crippen LogP contribution is 2.05. The molecule has 1 heterocycles. The number of unbranched alkanes of at least 4 members (excludes halogenated alkanes) is 2. The van der Waals surface area contributed by atoms with Crippen molar-refractivity contribution in [1.82, 2.24) is 10.6 Å². The molecule has 0 saturated carbocycles. The minimum atomic E-state index is 0.895. The maximum absolute atomic E-state index is 3.52. The number of hydrogen-bond donors (Lipinski definition) is 2. The lowest BCUT2D eigenvalue weighted by molar-refractivity contribution is 0.502. The van der Waals surface area contributed by atoms with Gasteiger partial charge in [0.15, 0.2) is 0 Å². The summed E-state index contributed by atoms with van der Waals surface area (Å²) in [6.07, 6.45) is 5.40. The molecule has 1 unspecified atom stereocenters. The molecule has 0 aliphatic carbocycles. The molecule has 1 rings (SSSR count). The summed E-state index contributed by atoms with van der Waals surface area (Å²) in [5.41, 5.74) is 0. The molecule has 72 valence electrons. The molecule has 0 aromatic carbocycles. The monoisotopic (exact) mass is 170 g/mol. The van der Waals surface area contributed by atoms with Gasteiger partial charge in [0.1, 0.15) is 0 Å². The van der Waals surface area contributed by atoms with Crippen molar-refractivity contribution in [2.24, 2.45) is 5.92 Å². The summed E-state index contributed by atoms with van der Waals surface area (Å²) in [4.78, 5) is 0. The number of hydrogen-bond acceptors (Lipinski definition) is 2. The van der Waals surface area contributed by atoms with Gasteiger partial charge in [-0.05, 0) is 44.9 Å². The van der Waals surface area contributed by atoms with Gasteiger partial charge in [0, 0.05) is 0 Å². The summed E-state index contributed by atoms with van der Waals surface area (Å²) in [6.45, 7) is 7.13. The van der Waals surface area contributed by atoms with Gasteiger partial charge in [0.05, 0.1) is 0 Å². The summed E-state index contributed by atoms with van der Waals surface area (Å²) in [6, 6.07) is 0. The van der Waals surface area contributed by atoms with Crippen LogP contribution >= 0.6 is 0 Å². The Morgan fingerprint density at radius 3 is 3.00 bits per heavy atom. The van der Waals surface area contributed by atoms with Gasteiger partial charge < -0.3 is 10.6 Å². The van der Waals surface area contributed by atoms with Gasteiger partial charge in [-0.25, -0.2) is 0 Å². The van der Waals surface area contributed by atoms with E-state index in [0.29, 0.717) is 0 Å². The van der Waals surface area contributed by atoms with Crippen molar-refractivity contribution in [2.45, 2.75) is 32.6 Å². The van der Waals surface area contributed by atoms with Gasteiger partial charge in [-0.3, -0.25) is 0 Å². The first-order chi connectivity index (χ1) is 5.93. The van der Waals surface area contributed by atoms with Crippen molar-refractivity contribution in [2.75, 3.05) is 26.2 Å². The van der Waals surface area contributed by atoms with E-state index in [1.165, 1.54) is 51.9 Å². The predicted molar refractivity (Wildman–Crippen MR) is 53.4 cm³/mol. The van der Waals surface area contributed by atoms with Crippen molar-refractivity contribution in [3.63, 3.8) is 0 Å². The second kappa shape index (κ2) is 6.44. The van der Waals surface area contributed by atoms with Crippen LogP contribution in [-0.2, 0) is 0 Å². The minimum absolute atomic E-state index is 0.895. The van der Waals surface area contributed by atoms with Gasteiger partial charge in [-0.15, -0.1) is 0 Å². The maximum atomic E-state index is 3.52. The van der Waals surface area contributed by atoms with E-state index in [1.54, 1.807) is 0 Å². The fraction of sp³-hybridized carbons (Fsp3) is 1.00. The fourth-order valence-corrected chi connectivity index (χ4v) is 1.69. The maximum Gasteiger partial charge on any atom is -0.000790 e. The highest BCUT2D eigenvalue weighted by molar-refractivity contribution is 4.72. The lowest BCUT2D eigenvalue weighted by Gasteiger charge is -2.09. The SMILES string of the molecule is CCCCCNCC1CCNC1. The van der Waals surface area contributed by atoms with Gasteiger partial charge in [-0.2, -0.15) is 0 Å². The van der Waals surface area contributed by atoms with E-state index in [0.717, 1.165) is 5.92 Å². The number of nitrogens with one attached hydrogen (secondary N) is 2. The molecule has 0 spiro atoms. The Kier molecular flexibility index (Phi) is 5.37. The minimum Gasteiger partial charge on any atom is -0.316 e. The van der Waals surface area contributed by atoms with Crippen LogP contribution in [0.25, 0.3) is 0 Å². The molecule has 1 aliphatic heterocycles. The fourth-order valence-electron chi connectivity index (χ4n) is 1.69. The molecular weight excluding hydrogens is 148 g/mol. The Balaban J connectivity index is 1.81. The molecule has 1 fully saturated rings. The first kappa shape index (κ1) is 10.0. The van der Waals surface area contributed by atoms with Crippen molar-refractivity contribution in [1.29, 1.82) is 0 Å². The van der Waals surface area contributed by atoms with E-state index in [4.69, 9.17) is 0 Å². The normalized spacial score (nSPS) is 23.2. The Labute approximate surface area is 76.1 Å². The zero-order chi connectivity index (χ0) is 8.65. The second-order valence-electron chi connectivity index (χ2n) is 3.77. The standard InChI is InChI=1S/C10H22N2/c1-2-3-4-6-11-8-10-5-7-12-9-10/h10-12H,2-9H2,1H3. The Morgan fingerprint density at radius 1 is 1.42 bits per heavy atom. The topological polar surface area (TPSA) is 24.1 Å². The molecular formula is C10H22N2. The molecule has 0 amide bonds. The molecule has 0 aromatic heterocycles. The van der Waals surface area contributed by atoms with Crippen LogP contribution < -0.4 is 10.6 Å². The molecule has 2 N–H and O–H groups in total. The molecule has 12 heavy (non-hydrogen) atoms. The average molecular weight is 170 g/mol. The Hall–Kier alpha value is -0.0800. The highest BCUT2D eigenvalue weighted by atomic mass is 14.9. The van der Waals surface area contributed by atoms with E-state index in [-0.39, 0.29) is 0 Å². The van der Waals surface area contributed by atoms with Gasteiger partial charge in [-0.1, -0.05) is 19.8 Å².